The predicted octanol–water partition coefficient (Wildman–Crippen LogP) is 4.70. The quantitative estimate of drug-likeness (QED) is 0.554. The maximum Gasteiger partial charge on any atom is 0.160 e. The van der Waals surface area contributed by atoms with Crippen LogP contribution in [-0.4, -0.2) is 44.6 Å². The summed E-state index contributed by atoms with van der Waals surface area (Å²) in [5, 5.41) is 1.30. The zero-order valence-electron chi connectivity index (χ0n) is 17.8. The first kappa shape index (κ1) is 18.4. The molecule has 29 heavy (non-hydrogen) atoms. The molecule has 5 nitrogen and oxygen atoms in total. The van der Waals surface area contributed by atoms with Crippen LogP contribution in [0.4, 0.5) is 0 Å². The molecule has 0 radical (unpaired) electrons. The summed E-state index contributed by atoms with van der Waals surface area (Å²) in [7, 11) is 2.22. The zero-order valence-corrected chi connectivity index (χ0v) is 17.8. The Balaban J connectivity index is 1.47. The number of imidazole rings is 1. The number of aryl methyl sites for hydroxylation is 3. The number of fused-ring (bicyclic) bond motifs is 2. The Morgan fingerprint density at radius 1 is 1.03 bits per heavy atom. The van der Waals surface area contributed by atoms with E-state index in [-0.39, 0.29) is 0 Å². The number of aromatic amines is 1. The maximum atomic E-state index is 4.78. The van der Waals surface area contributed by atoms with Crippen LogP contribution in [0.25, 0.3) is 22.1 Å². The van der Waals surface area contributed by atoms with Gasteiger partial charge in [0.25, 0.3) is 0 Å². The fraction of sp³-hybridized carbons (Fsp3) is 0.417. The summed E-state index contributed by atoms with van der Waals surface area (Å²) < 4.78 is 2.24. The van der Waals surface area contributed by atoms with E-state index in [1.54, 1.807) is 0 Å². The largest absolute Gasteiger partial charge is 0.358 e. The first-order valence-corrected chi connectivity index (χ1v) is 10.6. The highest BCUT2D eigenvalue weighted by Crippen LogP contribution is 2.30. The molecule has 0 aliphatic carbocycles. The molecule has 4 heterocycles. The molecule has 0 unspecified atom stereocenters. The Hall–Kier alpha value is -2.66. The number of nitrogens with one attached hydrogen (secondary N) is 1. The average Bonchev–Trinajstić information content (AvgIpc) is 3.24. The highest BCUT2D eigenvalue weighted by molar-refractivity contribution is 5.81. The second kappa shape index (κ2) is 6.99. The minimum atomic E-state index is 0.650. The van der Waals surface area contributed by atoms with Crippen LogP contribution in [0.15, 0.2) is 30.3 Å². The molecule has 0 atom stereocenters. The number of pyridine rings is 1. The van der Waals surface area contributed by atoms with Gasteiger partial charge in [-0.15, -0.1) is 0 Å². The van der Waals surface area contributed by atoms with Gasteiger partial charge < -0.3 is 14.5 Å². The fourth-order valence-corrected chi connectivity index (χ4v) is 4.73. The van der Waals surface area contributed by atoms with E-state index < -0.39 is 0 Å². The lowest BCUT2D eigenvalue weighted by atomic mass is 9.94. The van der Waals surface area contributed by atoms with Gasteiger partial charge >= 0.3 is 0 Å². The van der Waals surface area contributed by atoms with Crippen molar-refractivity contribution < 1.29 is 0 Å². The van der Waals surface area contributed by atoms with Crippen LogP contribution in [0.3, 0.4) is 0 Å². The summed E-state index contributed by atoms with van der Waals surface area (Å²) in [5.74, 6) is 1.67. The number of rotatable bonds is 3. The summed E-state index contributed by atoms with van der Waals surface area (Å²) in [5.41, 5.74) is 8.15. The number of H-pyrrole nitrogens is 1. The number of nitrogens with zero attached hydrogens (tertiary/aromatic N) is 4. The third kappa shape index (κ3) is 3.33. The minimum absolute atomic E-state index is 0.650. The summed E-state index contributed by atoms with van der Waals surface area (Å²) in [6.45, 7) is 9.40. The van der Waals surface area contributed by atoms with E-state index in [0.717, 1.165) is 29.2 Å². The molecule has 0 spiro atoms. The van der Waals surface area contributed by atoms with Gasteiger partial charge in [-0.2, -0.15) is 0 Å². The number of benzene rings is 1. The molecule has 1 saturated heterocycles. The molecule has 0 amide bonds. The van der Waals surface area contributed by atoms with Crippen LogP contribution in [0.2, 0.25) is 0 Å². The number of aromatic nitrogens is 4. The van der Waals surface area contributed by atoms with Crippen molar-refractivity contribution in [3.63, 3.8) is 0 Å². The molecule has 150 valence electrons. The van der Waals surface area contributed by atoms with E-state index >= 15 is 0 Å². The summed E-state index contributed by atoms with van der Waals surface area (Å²) >= 11 is 0. The molecule has 4 aromatic rings. The summed E-state index contributed by atoms with van der Waals surface area (Å²) in [6, 6.07) is 11.2. The number of likely N-dealkylation sites (tertiary alicyclic amines) is 1. The first-order chi connectivity index (χ1) is 14.0. The zero-order chi connectivity index (χ0) is 20.1. The molecule has 0 bridgehead atoms. The lowest BCUT2D eigenvalue weighted by Gasteiger charge is -2.28. The van der Waals surface area contributed by atoms with Crippen LogP contribution in [0.1, 0.15) is 47.1 Å². The third-order valence-electron chi connectivity index (χ3n) is 6.42. The average molecular weight is 388 g/mol. The van der Waals surface area contributed by atoms with Crippen LogP contribution in [0, 0.1) is 20.8 Å². The van der Waals surface area contributed by atoms with Crippen molar-refractivity contribution in [1.29, 1.82) is 0 Å². The molecule has 5 rings (SSSR count). The van der Waals surface area contributed by atoms with Crippen molar-refractivity contribution in [3.8, 4) is 0 Å². The molecule has 3 aromatic heterocycles. The van der Waals surface area contributed by atoms with Gasteiger partial charge in [-0.3, -0.25) is 0 Å². The van der Waals surface area contributed by atoms with Crippen LogP contribution in [0.5, 0.6) is 0 Å². The highest BCUT2D eigenvalue weighted by atomic mass is 15.1. The standard InChI is InChI=1S/C24H29N5/c1-15-11-16(2)25-24-23(15)26-17(3)29(24)14-18-5-6-21-20(12-18)13-22(27-21)19-7-9-28(4)10-8-19/h5-6,11-13,19,27H,7-10,14H2,1-4H3. The highest BCUT2D eigenvalue weighted by Gasteiger charge is 2.20. The SMILES string of the molecule is Cc1cc(C)c2nc(C)n(Cc3ccc4[nH]c(C5CCN(C)CC5)cc4c3)c2n1. The number of hydrogen-bond acceptors (Lipinski definition) is 3. The molecule has 0 saturated carbocycles. The Morgan fingerprint density at radius 2 is 1.83 bits per heavy atom. The number of hydrogen-bond donors (Lipinski definition) is 1. The molecular formula is C24H29N5. The second-order valence-electron chi connectivity index (χ2n) is 8.72. The fourth-order valence-electron chi connectivity index (χ4n) is 4.73. The van der Waals surface area contributed by atoms with Crippen molar-refractivity contribution >= 4 is 22.1 Å². The van der Waals surface area contributed by atoms with Crippen molar-refractivity contribution in [1.82, 2.24) is 24.4 Å². The van der Waals surface area contributed by atoms with Gasteiger partial charge in [-0.05, 0) is 94.5 Å². The Morgan fingerprint density at radius 3 is 2.62 bits per heavy atom. The number of piperidine rings is 1. The molecule has 5 heteroatoms. The van der Waals surface area contributed by atoms with E-state index in [1.165, 1.54) is 53.7 Å². The minimum Gasteiger partial charge on any atom is -0.358 e. The van der Waals surface area contributed by atoms with Crippen molar-refractivity contribution in [2.45, 2.75) is 46.1 Å². The lowest BCUT2D eigenvalue weighted by Crippen LogP contribution is -2.29. The molecule has 1 fully saturated rings. The van der Waals surface area contributed by atoms with Gasteiger partial charge in [-0.25, -0.2) is 9.97 Å². The first-order valence-electron chi connectivity index (χ1n) is 10.6. The lowest BCUT2D eigenvalue weighted by molar-refractivity contribution is 0.254. The van der Waals surface area contributed by atoms with Gasteiger partial charge in [0, 0.05) is 22.8 Å². The Kier molecular flexibility index (Phi) is 4.43. The van der Waals surface area contributed by atoms with Gasteiger partial charge in [0.05, 0.1) is 6.54 Å². The monoisotopic (exact) mass is 387 g/mol. The van der Waals surface area contributed by atoms with E-state index in [2.05, 4.69) is 72.6 Å². The van der Waals surface area contributed by atoms with E-state index in [1.807, 2.05) is 0 Å². The smallest absolute Gasteiger partial charge is 0.160 e. The van der Waals surface area contributed by atoms with Crippen molar-refractivity contribution in [2.75, 3.05) is 20.1 Å². The van der Waals surface area contributed by atoms with Crippen molar-refractivity contribution in [3.05, 3.63) is 58.7 Å². The molecule has 1 N–H and O–H groups in total. The van der Waals surface area contributed by atoms with Gasteiger partial charge in [0.15, 0.2) is 5.65 Å². The van der Waals surface area contributed by atoms with Crippen LogP contribution in [-0.2, 0) is 6.54 Å². The van der Waals surface area contributed by atoms with Gasteiger partial charge in [-0.1, -0.05) is 6.07 Å². The molecule has 1 aliphatic rings. The van der Waals surface area contributed by atoms with Crippen molar-refractivity contribution in [2.24, 2.45) is 0 Å². The Bertz CT molecular complexity index is 1190. The second-order valence-corrected chi connectivity index (χ2v) is 8.72. The molecule has 1 aliphatic heterocycles. The maximum absolute atomic E-state index is 4.78. The third-order valence-corrected chi connectivity index (χ3v) is 6.42. The van der Waals surface area contributed by atoms with E-state index in [4.69, 9.17) is 9.97 Å². The van der Waals surface area contributed by atoms with E-state index in [9.17, 15) is 0 Å². The molecule has 1 aromatic carbocycles. The normalized spacial score (nSPS) is 16.3. The van der Waals surface area contributed by atoms with E-state index in [0.29, 0.717) is 5.92 Å². The topological polar surface area (TPSA) is 49.7 Å². The van der Waals surface area contributed by atoms with Gasteiger partial charge in [0.2, 0.25) is 0 Å². The predicted molar refractivity (Wildman–Crippen MR) is 119 cm³/mol. The van der Waals surface area contributed by atoms with Gasteiger partial charge in [0.1, 0.15) is 11.3 Å². The van der Waals surface area contributed by atoms with Crippen LogP contribution < -0.4 is 0 Å². The molecular weight excluding hydrogens is 358 g/mol. The Labute approximate surface area is 171 Å². The van der Waals surface area contributed by atoms with Crippen LogP contribution >= 0.6 is 0 Å². The summed E-state index contributed by atoms with van der Waals surface area (Å²) in [6.07, 6.45) is 2.47. The summed E-state index contributed by atoms with van der Waals surface area (Å²) in [4.78, 5) is 15.6.